The normalized spacial score (nSPS) is 26.9. The summed E-state index contributed by atoms with van der Waals surface area (Å²) in [6, 6.07) is 4.67. The summed E-state index contributed by atoms with van der Waals surface area (Å²) in [5.41, 5.74) is 2.36. The number of nitrogens with one attached hydrogen (secondary N) is 1. The lowest BCUT2D eigenvalue weighted by Crippen LogP contribution is -2.48. The van der Waals surface area contributed by atoms with Gasteiger partial charge in [0, 0.05) is 19.1 Å². The van der Waals surface area contributed by atoms with E-state index in [9.17, 15) is 4.79 Å². The Labute approximate surface area is 199 Å². The standard InChI is InChI=1S/C27H42N2O4/c1-18(2)12-20-16-29-11-6-19-14-24(31-4)25(32-5)15-22(19)23(29)13-21(20)17-33-26(30)27(3)7-9-28-10-8-27/h14-15,18,20-21,23,28H,6-13,16-17H2,1-5H3/t20-,21+,23-/m1/s1. The lowest BCUT2D eigenvalue weighted by molar-refractivity contribution is -0.159. The van der Waals surface area contributed by atoms with Gasteiger partial charge >= 0.3 is 5.97 Å². The van der Waals surface area contributed by atoms with Gasteiger partial charge < -0.3 is 19.5 Å². The zero-order valence-corrected chi connectivity index (χ0v) is 21.1. The summed E-state index contributed by atoms with van der Waals surface area (Å²) >= 11 is 0. The highest BCUT2D eigenvalue weighted by Crippen LogP contribution is 2.46. The molecule has 0 unspecified atom stereocenters. The third-order valence-electron chi connectivity index (χ3n) is 8.18. The Bertz CT molecular complexity index is 834. The summed E-state index contributed by atoms with van der Waals surface area (Å²) in [7, 11) is 3.40. The van der Waals surface area contributed by atoms with E-state index >= 15 is 0 Å². The van der Waals surface area contributed by atoms with Gasteiger partial charge in [0.05, 0.1) is 26.2 Å². The number of hydrogen-bond acceptors (Lipinski definition) is 6. The number of esters is 1. The number of ether oxygens (including phenoxy) is 3. The minimum Gasteiger partial charge on any atom is -0.493 e. The molecule has 2 fully saturated rings. The minimum absolute atomic E-state index is 0.00910. The van der Waals surface area contributed by atoms with Crippen LogP contribution in [-0.2, 0) is 16.0 Å². The zero-order chi connectivity index (χ0) is 23.6. The number of piperidine rings is 2. The summed E-state index contributed by atoms with van der Waals surface area (Å²) in [6.07, 6.45) is 4.94. The van der Waals surface area contributed by atoms with Gasteiger partial charge in [0.2, 0.25) is 0 Å². The van der Waals surface area contributed by atoms with E-state index in [0.717, 1.165) is 63.4 Å². The Morgan fingerprint density at radius 2 is 1.85 bits per heavy atom. The SMILES string of the molecule is COc1cc2c(cc1OC)[C@H]1C[C@@H](COC(=O)C3(C)CCNCC3)[C@H](CC(C)C)CN1CC2. The van der Waals surface area contributed by atoms with Crippen LogP contribution >= 0.6 is 0 Å². The summed E-state index contributed by atoms with van der Waals surface area (Å²) in [6.45, 7) is 11.1. The van der Waals surface area contributed by atoms with Gasteiger partial charge in [-0.1, -0.05) is 13.8 Å². The molecule has 0 spiro atoms. The van der Waals surface area contributed by atoms with Gasteiger partial charge in [-0.15, -0.1) is 0 Å². The Morgan fingerprint density at radius 1 is 1.15 bits per heavy atom. The summed E-state index contributed by atoms with van der Waals surface area (Å²) < 4.78 is 17.2. The van der Waals surface area contributed by atoms with Gasteiger partial charge in [-0.25, -0.2) is 0 Å². The first-order valence-corrected chi connectivity index (χ1v) is 12.7. The van der Waals surface area contributed by atoms with Crippen molar-refractivity contribution in [3.63, 3.8) is 0 Å². The van der Waals surface area contributed by atoms with E-state index in [2.05, 4.69) is 43.1 Å². The highest BCUT2D eigenvalue weighted by atomic mass is 16.5. The monoisotopic (exact) mass is 458 g/mol. The van der Waals surface area contributed by atoms with Crippen molar-refractivity contribution < 1.29 is 19.0 Å². The first kappa shape index (κ1) is 24.3. The van der Waals surface area contributed by atoms with E-state index < -0.39 is 0 Å². The van der Waals surface area contributed by atoms with Crippen LogP contribution in [-0.4, -0.2) is 57.9 Å². The number of carbonyl (C=O) groups excluding carboxylic acids is 1. The molecule has 3 atom stereocenters. The predicted octanol–water partition coefficient (Wildman–Crippen LogP) is 4.22. The minimum atomic E-state index is -0.346. The lowest BCUT2D eigenvalue weighted by Gasteiger charge is -2.47. The molecule has 0 bridgehead atoms. The summed E-state index contributed by atoms with van der Waals surface area (Å²) in [5, 5.41) is 3.35. The Hall–Kier alpha value is -1.79. The van der Waals surface area contributed by atoms with Crippen molar-refractivity contribution >= 4 is 5.97 Å². The van der Waals surface area contributed by atoms with Crippen LogP contribution in [0.5, 0.6) is 11.5 Å². The second-order valence-electron chi connectivity index (χ2n) is 11.0. The molecule has 0 aromatic heterocycles. The highest BCUT2D eigenvalue weighted by Gasteiger charge is 2.41. The molecule has 2 saturated heterocycles. The van der Waals surface area contributed by atoms with Gasteiger partial charge in [0.1, 0.15) is 0 Å². The van der Waals surface area contributed by atoms with E-state index in [4.69, 9.17) is 14.2 Å². The molecule has 1 aromatic carbocycles. The third kappa shape index (κ3) is 5.17. The van der Waals surface area contributed by atoms with Crippen LogP contribution in [0.15, 0.2) is 12.1 Å². The van der Waals surface area contributed by atoms with Crippen molar-refractivity contribution in [1.82, 2.24) is 10.2 Å². The van der Waals surface area contributed by atoms with Crippen molar-refractivity contribution in [2.75, 3.05) is 47.0 Å². The van der Waals surface area contributed by atoms with Crippen molar-refractivity contribution in [1.29, 1.82) is 0 Å². The number of carbonyl (C=O) groups is 1. The molecule has 33 heavy (non-hydrogen) atoms. The fraction of sp³-hybridized carbons (Fsp3) is 0.741. The first-order chi connectivity index (χ1) is 15.8. The zero-order valence-electron chi connectivity index (χ0n) is 21.1. The molecule has 1 N–H and O–H groups in total. The Kier molecular flexibility index (Phi) is 7.54. The molecule has 0 saturated carbocycles. The molecular formula is C27H42N2O4. The highest BCUT2D eigenvalue weighted by molar-refractivity contribution is 5.76. The largest absolute Gasteiger partial charge is 0.493 e. The maximum atomic E-state index is 13.0. The number of nitrogens with zero attached hydrogens (tertiary/aromatic N) is 1. The lowest BCUT2D eigenvalue weighted by atomic mass is 9.74. The molecule has 4 rings (SSSR count). The van der Waals surface area contributed by atoms with Gasteiger partial charge in [-0.05, 0) is 93.1 Å². The fourth-order valence-electron chi connectivity index (χ4n) is 6.12. The van der Waals surface area contributed by atoms with E-state index in [-0.39, 0.29) is 11.4 Å². The van der Waals surface area contributed by atoms with Crippen LogP contribution in [0.1, 0.15) is 63.6 Å². The van der Waals surface area contributed by atoms with E-state index in [1.54, 1.807) is 14.2 Å². The first-order valence-electron chi connectivity index (χ1n) is 12.7. The van der Waals surface area contributed by atoms with Crippen LogP contribution in [0.25, 0.3) is 0 Å². The Morgan fingerprint density at radius 3 is 2.52 bits per heavy atom. The number of rotatable bonds is 7. The van der Waals surface area contributed by atoms with Gasteiger partial charge in [0.25, 0.3) is 0 Å². The predicted molar refractivity (Wildman–Crippen MR) is 130 cm³/mol. The molecular weight excluding hydrogens is 416 g/mol. The topological polar surface area (TPSA) is 60.0 Å². The molecule has 0 radical (unpaired) electrons. The smallest absolute Gasteiger partial charge is 0.311 e. The summed E-state index contributed by atoms with van der Waals surface area (Å²) in [4.78, 5) is 15.7. The molecule has 184 valence electrons. The van der Waals surface area contributed by atoms with Crippen molar-refractivity contribution in [2.45, 2.75) is 58.9 Å². The second kappa shape index (κ2) is 10.2. The molecule has 3 aliphatic heterocycles. The summed E-state index contributed by atoms with van der Waals surface area (Å²) in [5.74, 6) is 3.15. The maximum absolute atomic E-state index is 13.0. The van der Waals surface area contributed by atoms with Crippen molar-refractivity contribution in [3.8, 4) is 11.5 Å². The average molecular weight is 459 g/mol. The number of hydrogen-bond donors (Lipinski definition) is 1. The van der Waals surface area contributed by atoms with Gasteiger partial charge in [-0.2, -0.15) is 0 Å². The third-order valence-corrected chi connectivity index (χ3v) is 8.18. The molecule has 0 amide bonds. The second-order valence-corrected chi connectivity index (χ2v) is 11.0. The van der Waals surface area contributed by atoms with Crippen LogP contribution in [0, 0.1) is 23.2 Å². The molecule has 1 aromatic rings. The van der Waals surface area contributed by atoms with Crippen LogP contribution in [0.3, 0.4) is 0 Å². The van der Waals surface area contributed by atoms with Crippen LogP contribution < -0.4 is 14.8 Å². The van der Waals surface area contributed by atoms with Crippen LogP contribution in [0.2, 0.25) is 0 Å². The number of methoxy groups -OCH3 is 2. The molecule has 6 nitrogen and oxygen atoms in total. The maximum Gasteiger partial charge on any atom is 0.311 e. The van der Waals surface area contributed by atoms with E-state index in [1.807, 2.05) is 0 Å². The quantitative estimate of drug-likeness (QED) is 0.618. The van der Waals surface area contributed by atoms with Gasteiger partial charge in [0.15, 0.2) is 11.5 Å². The van der Waals surface area contributed by atoms with Crippen molar-refractivity contribution in [2.24, 2.45) is 23.2 Å². The molecule has 3 aliphatic rings. The number of fused-ring (bicyclic) bond motifs is 3. The fourth-order valence-corrected chi connectivity index (χ4v) is 6.12. The average Bonchev–Trinajstić information content (AvgIpc) is 2.81. The molecule has 3 heterocycles. The molecule has 6 heteroatoms. The van der Waals surface area contributed by atoms with E-state index in [0.29, 0.717) is 30.4 Å². The van der Waals surface area contributed by atoms with Gasteiger partial charge in [-0.3, -0.25) is 9.69 Å². The Balaban J connectivity index is 1.53. The van der Waals surface area contributed by atoms with Crippen LogP contribution in [0.4, 0.5) is 0 Å². The van der Waals surface area contributed by atoms with Crippen molar-refractivity contribution in [3.05, 3.63) is 23.3 Å². The molecule has 0 aliphatic carbocycles. The number of benzene rings is 1. The van der Waals surface area contributed by atoms with E-state index in [1.165, 1.54) is 17.5 Å².